The lowest BCUT2D eigenvalue weighted by atomic mass is 10.4. The fraction of sp³-hybridized carbons (Fsp3) is 0.111. The number of nitrogens with zero attached hydrogens (tertiary/aromatic N) is 2. The molecule has 0 aliphatic carbocycles. The summed E-state index contributed by atoms with van der Waals surface area (Å²) >= 11 is 0. The minimum absolute atomic E-state index is 0.129. The Bertz CT molecular complexity index is 402. The molecule has 2 heterocycles. The van der Waals surface area contributed by atoms with Crippen molar-refractivity contribution in [1.29, 1.82) is 0 Å². The number of hydrogen-bond donors (Lipinski definition) is 1. The summed E-state index contributed by atoms with van der Waals surface area (Å²) in [5.41, 5.74) is 0. The molecule has 0 unspecified atom stereocenters. The van der Waals surface area contributed by atoms with Crippen LogP contribution >= 0.6 is 0 Å². The molecule has 0 atom stereocenters. The molecule has 0 saturated heterocycles. The highest BCUT2D eigenvalue weighted by molar-refractivity contribution is 5.17. The minimum atomic E-state index is -0.612. The van der Waals surface area contributed by atoms with Crippen LogP contribution < -0.4 is 4.74 Å². The predicted octanol–water partition coefficient (Wildman–Crippen LogP) is 1.52. The van der Waals surface area contributed by atoms with Crippen LogP contribution in [0.25, 0.3) is 0 Å². The van der Waals surface area contributed by atoms with Gasteiger partial charge in [0.25, 0.3) is 5.95 Å². The molecular formula is C9H8FN3O. The van der Waals surface area contributed by atoms with E-state index >= 15 is 0 Å². The van der Waals surface area contributed by atoms with Gasteiger partial charge in [-0.3, -0.25) is 0 Å². The number of H-pyrrole nitrogens is 1. The smallest absolute Gasteiger partial charge is 0.255 e. The number of imidazole rings is 1. The van der Waals surface area contributed by atoms with Crippen molar-refractivity contribution < 1.29 is 9.13 Å². The number of ether oxygens (including phenoxy) is 1. The Morgan fingerprint density at radius 1 is 1.36 bits per heavy atom. The molecule has 1 N–H and O–H groups in total. The van der Waals surface area contributed by atoms with E-state index in [0.717, 1.165) is 0 Å². The lowest BCUT2D eigenvalue weighted by molar-refractivity contribution is 0.278. The molecule has 0 radical (unpaired) electrons. The zero-order valence-electron chi connectivity index (χ0n) is 7.27. The molecular weight excluding hydrogens is 185 g/mol. The second-order valence-corrected chi connectivity index (χ2v) is 2.62. The average molecular weight is 193 g/mol. The molecule has 5 heteroatoms. The molecule has 4 nitrogen and oxygen atoms in total. The number of aromatic amines is 1. The standard InChI is InChI=1S/C9H8FN3O/c10-9-7(2-1-3-13-9)14-6-8-11-4-5-12-8/h1-5H,6H2,(H,11,12). The van der Waals surface area contributed by atoms with Gasteiger partial charge in [0.05, 0.1) is 0 Å². The number of nitrogens with one attached hydrogen (secondary N) is 1. The van der Waals surface area contributed by atoms with Crippen LogP contribution in [0.5, 0.6) is 5.75 Å². The normalized spacial score (nSPS) is 10.1. The number of pyridine rings is 1. The van der Waals surface area contributed by atoms with Gasteiger partial charge in [-0.05, 0) is 12.1 Å². The molecule has 0 fully saturated rings. The van der Waals surface area contributed by atoms with Crippen molar-refractivity contribution in [2.75, 3.05) is 0 Å². The Morgan fingerprint density at radius 3 is 3.00 bits per heavy atom. The quantitative estimate of drug-likeness (QED) is 0.752. The largest absolute Gasteiger partial charge is 0.481 e. The van der Waals surface area contributed by atoms with Crippen molar-refractivity contribution in [3.05, 3.63) is 42.5 Å². The van der Waals surface area contributed by atoms with Crippen molar-refractivity contribution in [2.45, 2.75) is 6.61 Å². The van der Waals surface area contributed by atoms with Gasteiger partial charge in [-0.15, -0.1) is 0 Å². The monoisotopic (exact) mass is 193 g/mol. The Hall–Kier alpha value is -1.91. The number of aromatic nitrogens is 3. The van der Waals surface area contributed by atoms with Gasteiger partial charge in [0, 0.05) is 18.6 Å². The number of hydrogen-bond acceptors (Lipinski definition) is 3. The van der Waals surface area contributed by atoms with Gasteiger partial charge in [0.2, 0.25) is 0 Å². The summed E-state index contributed by atoms with van der Waals surface area (Å²) in [5.74, 6) is 0.163. The van der Waals surface area contributed by atoms with E-state index in [1.807, 2.05) is 0 Å². The second kappa shape index (κ2) is 3.87. The highest BCUT2D eigenvalue weighted by Crippen LogP contribution is 2.13. The summed E-state index contributed by atoms with van der Waals surface area (Å²) < 4.78 is 18.1. The Kier molecular flexibility index (Phi) is 2.40. The van der Waals surface area contributed by atoms with Gasteiger partial charge in [-0.1, -0.05) is 0 Å². The molecule has 0 aromatic carbocycles. The summed E-state index contributed by atoms with van der Waals surface area (Å²) in [5, 5.41) is 0. The van der Waals surface area contributed by atoms with E-state index in [-0.39, 0.29) is 12.4 Å². The Labute approximate surface area is 79.8 Å². The van der Waals surface area contributed by atoms with Crippen LogP contribution in [0.3, 0.4) is 0 Å². The molecule has 72 valence electrons. The van der Waals surface area contributed by atoms with Crippen LogP contribution in [-0.4, -0.2) is 15.0 Å². The van der Waals surface area contributed by atoms with Crippen molar-refractivity contribution >= 4 is 0 Å². The van der Waals surface area contributed by atoms with Gasteiger partial charge in [0.15, 0.2) is 5.75 Å². The molecule has 0 aliphatic heterocycles. The first-order chi connectivity index (χ1) is 6.86. The summed E-state index contributed by atoms with van der Waals surface area (Å²) in [4.78, 5) is 10.2. The molecule has 0 bridgehead atoms. The maximum Gasteiger partial charge on any atom is 0.255 e. The Balaban J connectivity index is 2.02. The van der Waals surface area contributed by atoms with Crippen LogP contribution in [0.4, 0.5) is 4.39 Å². The summed E-state index contributed by atoms with van der Waals surface area (Å²) in [6, 6.07) is 3.13. The van der Waals surface area contributed by atoms with Crippen molar-refractivity contribution in [3.63, 3.8) is 0 Å². The fourth-order valence-corrected chi connectivity index (χ4v) is 1.00. The number of rotatable bonds is 3. The van der Waals surface area contributed by atoms with Crippen molar-refractivity contribution in [3.8, 4) is 5.75 Å². The molecule has 0 spiro atoms. The first-order valence-corrected chi connectivity index (χ1v) is 4.08. The van der Waals surface area contributed by atoms with Gasteiger partial charge < -0.3 is 9.72 Å². The lowest BCUT2D eigenvalue weighted by Crippen LogP contribution is -1.99. The summed E-state index contributed by atoms with van der Waals surface area (Å²) in [6.45, 7) is 0.204. The van der Waals surface area contributed by atoms with E-state index in [1.54, 1.807) is 18.5 Å². The molecule has 2 rings (SSSR count). The van der Waals surface area contributed by atoms with Gasteiger partial charge in [0.1, 0.15) is 12.4 Å². The first kappa shape index (κ1) is 8.68. The van der Waals surface area contributed by atoms with E-state index in [1.165, 1.54) is 12.3 Å². The molecule has 2 aromatic heterocycles. The minimum Gasteiger partial charge on any atom is -0.481 e. The van der Waals surface area contributed by atoms with Crippen LogP contribution in [0.2, 0.25) is 0 Å². The molecule has 0 amide bonds. The third-order valence-corrected chi connectivity index (χ3v) is 1.64. The van der Waals surface area contributed by atoms with Crippen LogP contribution in [0.15, 0.2) is 30.7 Å². The van der Waals surface area contributed by atoms with Crippen molar-refractivity contribution in [2.24, 2.45) is 0 Å². The topological polar surface area (TPSA) is 50.8 Å². The molecule has 2 aromatic rings. The van der Waals surface area contributed by atoms with Gasteiger partial charge in [-0.25, -0.2) is 9.97 Å². The average Bonchev–Trinajstić information content (AvgIpc) is 2.69. The van der Waals surface area contributed by atoms with Crippen LogP contribution in [0.1, 0.15) is 5.82 Å². The Morgan fingerprint density at radius 2 is 2.29 bits per heavy atom. The fourth-order valence-electron chi connectivity index (χ4n) is 1.00. The van der Waals surface area contributed by atoms with E-state index in [0.29, 0.717) is 5.82 Å². The van der Waals surface area contributed by atoms with Gasteiger partial charge in [-0.2, -0.15) is 4.39 Å². The van der Waals surface area contributed by atoms with Crippen LogP contribution in [0, 0.1) is 5.95 Å². The highest BCUT2D eigenvalue weighted by atomic mass is 19.1. The van der Waals surface area contributed by atoms with E-state index in [9.17, 15) is 4.39 Å². The second-order valence-electron chi connectivity index (χ2n) is 2.62. The van der Waals surface area contributed by atoms with Gasteiger partial charge >= 0.3 is 0 Å². The maximum absolute atomic E-state index is 13.0. The molecule has 0 saturated carbocycles. The van der Waals surface area contributed by atoms with E-state index < -0.39 is 5.95 Å². The third kappa shape index (κ3) is 1.87. The zero-order chi connectivity index (χ0) is 9.80. The lowest BCUT2D eigenvalue weighted by Gasteiger charge is -2.03. The maximum atomic E-state index is 13.0. The predicted molar refractivity (Wildman–Crippen MR) is 47.1 cm³/mol. The third-order valence-electron chi connectivity index (χ3n) is 1.64. The van der Waals surface area contributed by atoms with E-state index in [2.05, 4.69) is 15.0 Å². The van der Waals surface area contributed by atoms with E-state index in [4.69, 9.17) is 4.74 Å². The number of halogens is 1. The molecule has 14 heavy (non-hydrogen) atoms. The SMILES string of the molecule is Fc1ncccc1OCc1ncc[nH]1. The summed E-state index contributed by atoms with van der Waals surface area (Å²) in [7, 11) is 0. The van der Waals surface area contributed by atoms with Crippen molar-refractivity contribution in [1.82, 2.24) is 15.0 Å². The highest BCUT2D eigenvalue weighted by Gasteiger charge is 2.03. The summed E-state index contributed by atoms with van der Waals surface area (Å²) in [6.07, 6.45) is 4.66. The first-order valence-electron chi connectivity index (χ1n) is 4.08. The zero-order valence-corrected chi connectivity index (χ0v) is 7.27. The van der Waals surface area contributed by atoms with Crippen LogP contribution in [-0.2, 0) is 6.61 Å². The molecule has 0 aliphatic rings.